The molecule has 0 aliphatic heterocycles. The fourth-order valence-corrected chi connectivity index (χ4v) is 3.47. The Morgan fingerprint density at radius 3 is 2.81 bits per heavy atom. The molecule has 1 aliphatic carbocycles. The molecule has 3 heterocycles. The van der Waals surface area contributed by atoms with Gasteiger partial charge in [-0.05, 0) is 36.6 Å². The third kappa shape index (κ3) is 2.60. The van der Waals surface area contributed by atoms with Crippen LogP contribution in [-0.2, 0) is 6.42 Å². The zero-order valence-corrected chi connectivity index (χ0v) is 14.3. The Morgan fingerprint density at radius 1 is 1.04 bits per heavy atom. The van der Waals surface area contributed by atoms with Crippen molar-refractivity contribution in [1.82, 2.24) is 15.0 Å². The van der Waals surface area contributed by atoms with Gasteiger partial charge in [-0.15, -0.1) is 0 Å². The molecule has 0 spiro atoms. The van der Waals surface area contributed by atoms with E-state index in [-0.39, 0.29) is 0 Å². The van der Waals surface area contributed by atoms with Crippen LogP contribution in [0.4, 0.5) is 11.4 Å². The van der Waals surface area contributed by atoms with E-state index in [9.17, 15) is 0 Å². The molecule has 27 heavy (non-hydrogen) atoms. The van der Waals surface area contributed by atoms with Crippen molar-refractivity contribution in [2.45, 2.75) is 12.8 Å². The largest absolute Gasteiger partial charge is 0.450 e. The molecule has 2 N–H and O–H groups in total. The first-order valence-electron chi connectivity index (χ1n) is 8.57. The van der Waals surface area contributed by atoms with Crippen molar-refractivity contribution in [2.24, 2.45) is 5.16 Å². The first kappa shape index (κ1) is 15.5. The van der Waals surface area contributed by atoms with Gasteiger partial charge in [-0.2, -0.15) is 0 Å². The highest BCUT2D eigenvalue weighted by molar-refractivity contribution is 6.05. The van der Waals surface area contributed by atoms with E-state index in [0.717, 1.165) is 46.4 Å². The van der Waals surface area contributed by atoms with Gasteiger partial charge >= 0.3 is 0 Å². The molecule has 5 rings (SSSR count). The standard InChI is InChI=1S/C20H15N5O2/c26-25-16-4-1-12-9-13(2-3-14(12)16)24-19-15-5-6-21-11-18(15)27-20(19)17-10-22-7-8-23-17/h2-3,5-11,24,26H,1,4H2. The number of fused-ring (bicyclic) bond motifs is 2. The Labute approximate surface area is 154 Å². The van der Waals surface area contributed by atoms with E-state index in [0.29, 0.717) is 17.0 Å². The number of nitrogens with one attached hydrogen (secondary N) is 1. The molecule has 0 bridgehead atoms. The van der Waals surface area contributed by atoms with Gasteiger partial charge in [0.05, 0.1) is 23.8 Å². The molecular weight excluding hydrogens is 342 g/mol. The van der Waals surface area contributed by atoms with Crippen LogP contribution in [0.1, 0.15) is 17.5 Å². The third-order valence-electron chi connectivity index (χ3n) is 4.73. The summed E-state index contributed by atoms with van der Waals surface area (Å²) in [5.74, 6) is 0.615. The number of aromatic nitrogens is 3. The van der Waals surface area contributed by atoms with Crippen molar-refractivity contribution in [3.8, 4) is 11.5 Å². The van der Waals surface area contributed by atoms with Crippen molar-refractivity contribution in [3.05, 3.63) is 66.4 Å². The molecule has 3 aromatic heterocycles. The van der Waals surface area contributed by atoms with E-state index in [1.54, 1.807) is 31.0 Å². The summed E-state index contributed by atoms with van der Waals surface area (Å²) in [5, 5.41) is 16.9. The Bertz CT molecular complexity index is 1170. The van der Waals surface area contributed by atoms with Crippen LogP contribution in [-0.4, -0.2) is 25.9 Å². The quantitative estimate of drug-likeness (QED) is 0.422. The second-order valence-corrected chi connectivity index (χ2v) is 6.31. The van der Waals surface area contributed by atoms with E-state index in [2.05, 4.69) is 31.5 Å². The highest BCUT2D eigenvalue weighted by Crippen LogP contribution is 2.39. The van der Waals surface area contributed by atoms with Crippen molar-refractivity contribution < 1.29 is 9.62 Å². The number of pyridine rings is 1. The number of benzene rings is 1. The van der Waals surface area contributed by atoms with E-state index >= 15 is 0 Å². The van der Waals surface area contributed by atoms with Gasteiger partial charge in [-0.1, -0.05) is 11.2 Å². The van der Waals surface area contributed by atoms with E-state index < -0.39 is 0 Å². The summed E-state index contributed by atoms with van der Waals surface area (Å²) in [5.41, 5.74) is 5.96. The Morgan fingerprint density at radius 2 is 1.96 bits per heavy atom. The minimum absolute atomic E-state index is 0.615. The van der Waals surface area contributed by atoms with E-state index in [4.69, 9.17) is 9.62 Å². The van der Waals surface area contributed by atoms with Gasteiger partial charge in [-0.25, -0.2) is 4.98 Å². The van der Waals surface area contributed by atoms with Gasteiger partial charge in [0.15, 0.2) is 11.3 Å². The molecule has 1 aromatic carbocycles. The normalized spacial score (nSPS) is 14.6. The summed E-state index contributed by atoms with van der Waals surface area (Å²) >= 11 is 0. The highest BCUT2D eigenvalue weighted by atomic mass is 16.4. The third-order valence-corrected chi connectivity index (χ3v) is 4.73. The molecular formula is C20H15N5O2. The molecule has 0 saturated heterocycles. The van der Waals surface area contributed by atoms with Crippen molar-refractivity contribution in [1.29, 1.82) is 0 Å². The number of furan rings is 1. The molecule has 132 valence electrons. The first-order chi connectivity index (χ1) is 13.3. The summed E-state index contributed by atoms with van der Waals surface area (Å²) in [4.78, 5) is 12.6. The predicted molar refractivity (Wildman–Crippen MR) is 101 cm³/mol. The van der Waals surface area contributed by atoms with Gasteiger partial charge in [0.1, 0.15) is 5.69 Å². The number of hydrogen-bond donors (Lipinski definition) is 2. The minimum Gasteiger partial charge on any atom is -0.450 e. The highest BCUT2D eigenvalue weighted by Gasteiger charge is 2.21. The lowest BCUT2D eigenvalue weighted by Gasteiger charge is -2.09. The summed E-state index contributed by atoms with van der Waals surface area (Å²) < 4.78 is 6.00. The monoisotopic (exact) mass is 357 g/mol. The zero-order valence-electron chi connectivity index (χ0n) is 14.3. The summed E-state index contributed by atoms with van der Waals surface area (Å²) in [6.45, 7) is 0. The predicted octanol–water partition coefficient (Wildman–Crippen LogP) is 4.15. The smallest absolute Gasteiger partial charge is 0.178 e. The van der Waals surface area contributed by atoms with Gasteiger partial charge in [-0.3, -0.25) is 9.97 Å². The molecule has 0 radical (unpaired) electrons. The van der Waals surface area contributed by atoms with Crippen LogP contribution in [0.3, 0.4) is 0 Å². The Balaban J connectivity index is 1.61. The molecule has 0 atom stereocenters. The van der Waals surface area contributed by atoms with Gasteiger partial charge in [0, 0.05) is 35.2 Å². The molecule has 0 unspecified atom stereocenters. The number of anilines is 2. The molecule has 0 saturated carbocycles. The zero-order chi connectivity index (χ0) is 18.2. The fraction of sp³-hybridized carbons (Fsp3) is 0.100. The number of hydrogen-bond acceptors (Lipinski definition) is 7. The van der Waals surface area contributed by atoms with Gasteiger partial charge in [0.25, 0.3) is 0 Å². The first-order valence-corrected chi connectivity index (χ1v) is 8.57. The van der Waals surface area contributed by atoms with Crippen LogP contribution in [0.5, 0.6) is 0 Å². The van der Waals surface area contributed by atoms with E-state index in [1.165, 1.54) is 0 Å². The minimum atomic E-state index is 0.615. The number of nitrogens with zero attached hydrogens (tertiary/aromatic N) is 4. The van der Waals surface area contributed by atoms with Gasteiger partial charge in [0.2, 0.25) is 0 Å². The second kappa shape index (κ2) is 6.21. The summed E-state index contributed by atoms with van der Waals surface area (Å²) in [6, 6.07) is 7.93. The second-order valence-electron chi connectivity index (χ2n) is 6.31. The Hall–Kier alpha value is -3.74. The number of aryl methyl sites for hydroxylation is 1. The lowest BCUT2D eigenvalue weighted by molar-refractivity contribution is 0.318. The Kier molecular flexibility index (Phi) is 3.57. The lowest BCUT2D eigenvalue weighted by Crippen LogP contribution is -1.96. The molecule has 0 amide bonds. The van der Waals surface area contributed by atoms with Crippen LogP contribution in [0, 0.1) is 0 Å². The average molecular weight is 357 g/mol. The SMILES string of the molecule is ON=C1CCc2cc(Nc3c(-c4cnccn4)oc4cnccc34)ccc21. The molecule has 0 fully saturated rings. The van der Waals surface area contributed by atoms with Crippen LogP contribution < -0.4 is 5.32 Å². The lowest BCUT2D eigenvalue weighted by atomic mass is 10.1. The maximum atomic E-state index is 9.11. The van der Waals surface area contributed by atoms with Crippen molar-refractivity contribution in [2.75, 3.05) is 5.32 Å². The maximum absolute atomic E-state index is 9.11. The summed E-state index contributed by atoms with van der Waals surface area (Å²) in [6.07, 6.45) is 9.96. The molecule has 1 aliphatic rings. The summed E-state index contributed by atoms with van der Waals surface area (Å²) in [7, 11) is 0. The fourth-order valence-electron chi connectivity index (χ4n) is 3.47. The van der Waals surface area contributed by atoms with Crippen LogP contribution in [0.15, 0.2) is 64.8 Å². The van der Waals surface area contributed by atoms with Crippen molar-refractivity contribution >= 4 is 28.1 Å². The van der Waals surface area contributed by atoms with Crippen LogP contribution in [0.25, 0.3) is 22.4 Å². The number of rotatable bonds is 3. The number of oxime groups is 1. The average Bonchev–Trinajstić information content (AvgIpc) is 3.30. The van der Waals surface area contributed by atoms with Gasteiger partial charge < -0.3 is 14.9 Å². The molecule has 7 heteroatoms. The van der Waals surface area contributed by atoms with Crippen molar-refractivity contribution in [3.63, 3.8) is 0 Å². The van der Waals surface area contributed by atoms with Crippen LogP contribution >= 0.6 is 0 Å². The molecule has 4 aromatic rings. The van der Waals surface area contributed by atoms with Crippen LogP contribution in [0.2, 0.25) is 0 Å². The van der Waals surface area contributed by atoms with E-state index in [1.807, 2.05) is 18.2 Å². The topological polar surface area (TPSA) is 96.4 Å². The molecule has 7 nitrogen and oxygen atoms in total. The maximum Gasteiger partial charge on any atom is 0.178 e.